The molecule has 0 aliphatic rings. The van der Waals surface area contributed by atoms with Gasteiger partial charge in [-0.25, -0.2) is 0 Å². The monoisotopic (exact) mass is 279 g/mol. The zero-order chi connectivity index (χ0) is 15.2. The number of nitrogens with zero attached hydrogens (tertiary/aromatic N) is 1. The van der Waals surface area contributed by atoms with Crippen molar-refractivity contribution in [3.05, 3.63) is 24.3 Å². The van der Waals surface area contributed by atoms with Gasteiger partial charge in [-0.2, -0.15) is 0 Å². The minimum Gasteiger partial charge on any atom is -0.491 e. The minimum absolute atomic E-state index is 0.176. The predicted molar refractivity (Wildman–Crippen MR) is 82.5 cm³/mol. The zero-order valence-electron chi connectivity index (χ0n) is 12.7. The Bertz CT molecular complexity index is 439. The third-order valence-electron chi connectivity index (χ3n) is 3.11. The average Bonchev–Trinajstić information content (AvgIpc) is 2.39. The van der Waals surface area contributed by atoms with Gasteiger partial charge in [0.2, 0.25) is 0 Å². The van der Waals surface area contributed by atoms with Crippen LogP contribution in [0.3, 0.4) is 0 Å². The molecule has 112 valence electrons. The second-order valence-electron chi connectivity index (χ2n) is 5.74. The predicted octanol–water partition coefficient (Wildman–Crippen LogP) is 3.05. The number of hydrogen-bond acceptors (Lipinski definition) is 4. The van der Waals surface area contributed by atoms with Gasteiger partial charge in [0.15, 0.2) is 0 Å². The van der Waals surface area contributed by atoms with Gasteiger partial charge in [-0.3, -0.25) is 0 Å². The Morgan fingerprint density at radius 1 is 1.35 bits per heavy atom. The Balaban J connectivity index is 2.46. The van der Waals surface area contributed by atoms with Crippen molar-refractivity contribution in [2.75, 3.05) is 11.9 Å². The Labute approximate surface area is 120 Å². The molecule has 0 saturated carbocycles. The highest BCUT2D eigenvalue weighted by atomic mass is 16.5. The van der Waals surface area contributed by atoms with Gasteiger partial charge in [-0.1, -0.05) is 19.0 Å². The van der Waals surface area contributed by atoms with Crippen LogP contribution in [0.1, 0.15) is 34.1 Å². The van der Waals surface area contributed by atoms with Crippen molar-refractivity contribution < 1.29 is 9.94 Å². The first-order chi connectivity index (χ1) is 9.35. The number of hydrogen-bond donors (Lipinski definition) is 3. The van der Waals surface area contributed by atoms with E-state index in [1.807, 2.05) is 52.0 Å². The molecule has 0 aliphatic carbocycles. The Kier molecular flexibility index (Phi) is 5.67. The van der Waals surface area contributed by atoms with Crippen LogP contribution in [-0.2, 0) is 0 Å². The number of rotatable bonds is 7. The Hall–Kier alpha value is -1.91. The molecule has 0 saturated heterocycles. The molecule has 5 heteroatoms. The lowest BCUT2D eigenvalue weighted by molar-refractivity contribution is 0.242. The van der Waals surface area contributed by atoms with Crippen molar-refractivity contribution >= 4 is 11.5 Å². The number of nitrogens with two attached hydrogens (primary N) is 1. The van der Waals surface area contributed by atoms with Crippen LogP contribution in [0.4, 0.5) is 5.69 Å². The average molecular weight is 279 g/mol. The molecule has 0 bridgehead atoms. The van der Waals surface area contributed by atoms with Crippen molar-refractivity contribution in [1.29, 1.82) is 0 Å². The first-order valence-corrected chi connectivity index (χ1v) is 6.84. The van der Waals surface area contributed by atoms with E-state index in [0.29, 0.717) is 0 Å². The van der Waals surface area contributed by atoms with Crippen molar-refractivity contribution in [3.8, 4) is 5.75 Å². The summed E-state index contributed by atoms with van der Waals surface area (Å²) in [5, 5.41) is 15.1. The number of ether oxygens (including phenoxy) is 1. The largest absolute Gasteiger partial charge is 0.491 e. The molecule has 1 rings (SSSR count). The fraction of sp³-hybridized carbons (Fsp3) is 0.533. The lowest BCUT2D eigenvalue weighted by atomic mass is 9.88. The molecule has 20 heavy (non-hydrogen) atoms. The number of amidine groups is 1. The molecule has 0 aliphatic heterocycles. The Morgan fingerprint density at radius 2 is 1.95 bits per heavy atom. The van der Waals surface area contributed by atoms with Gasteiger partial charge >= 0.3 is 0 Å². The molecule has 0 aromatic heterocycles. The van der Waals surface area contributed by atoms with Gasteiger partial charge in [-0.05, 0) is 44.5 Å². The van der Waals surface area contributed by atoms with Gasteiger partial charge in [0, 0.05) is 17.6 Å². The summed E-state index contributed by atoms with van der Waals surface area (Å²) in [5.74, 6) is 1.11. The van der Waals surface area contributed by atoms with E-state index in [9.17, 15) is 0 Å². The molecule has 0 radical (unpaired) electrons. The summed E-state index contributed by atoms with van der Waals surface area (Å²) >= 11 is 0. The van der Waals surface area contributed by atoms with Crippen molar-refractivity contribution in [3.63, 3.8) is 0 Å². The number of anilines is 1. The van der Waals surface area contributed by atoms with Gasteiger partial charge in [0.1, 0.15) is 11.6 Å². The van der Waals surface area contributed by atoms with Crippen molar-refractivity contribution in [2.24, 2.45) is 16.3 Å². The molecule has 4 N–H and O–H groups in total. The highest BCUT2D eigenvalue weighted by Gasteiger charge is 2.22. The Morgan fingerprint density at radius 3 is 2.45 bits per heavy atom. The first-order valence-electron chi connectivity index (χ1n) is 6.84. The molecule has 0 heterocycles. The van der Waals surface area contributed by atoms with E-state index < -0.39 is 0 Å². The molecule has 1 aromatic carbocycles. The van der Waals surface area contributed by atoms with E-state index in [1.54, 1.807) is 0 Å². The van der Waals surface area contributed by atoms with E-state index in [1.165, 1.54) is 0 Å². The van der Waals surface area contributed by atoms with E-state index in [0.717, 1.165) is 24.4 Å². The molecule has 0 amide bonds. The summed E-state index contributed by atoms with van der Waals surface area (Å²) in [7, 11) is 0. The van der Waals surface area contributed by atoms with E-state index in [-0.39, 0.29) is 17.4 Å². The third kappa shape index (κ3) is 4.99. The third-order valence-corrected chi connectivity index (χ3v) is 3.11. The first kappa shape index (κ1) is 16.1. The van der Waals surface area contributed by atoms with Crippen molar-refractivity contribution in [1.82, 2.24) is 0 Å². The highest BCUT2D eigenvalue weighted by Crippen LogP contribution is 2.21. The molecular weight excluding hydrogens is 254 g/mol. The maximum atomic E-state index is 8.72. The molecule has 1 aromatic rings. The van der Waals surface area contributed by atoms with E-state index in [2.05, 4.69) is 10.5 Å². The smallest absolute Gasteiger partial charge is 0.144 e. The number of nitrogens with one attached hydrogen (secondary N) is 1. The second-order valence-corrected chi connectivity index (χ2v) is 5.74. The summed E-state index contributed by atoms with van der Waals surface area (Å²) in [6.07, 6.45) is 0.947. The summed E-state index contributed by atoms with van der Waals surface area (Å²) in [5.41, 5.74) is 6.35. The molecule has 0 spiro atoms. The molecular formula is C15H25N3O2. The van der Waals surface area contributed by atoms with Crippen LogP contribution in [0.5, 0.6) is 5.75 Å². The maximum Gasteiger partial charge on any atom is 0.144 e. The van der Waals surface area contributed by atoms with Gasteiger partial charge in [0.25, 0.3) is 0 Å². The summed E-state index contributed by atoms with van der Waals surface area (Å²) in [4.78, 5) is 0. The number of oxime groups is 1. The molecule has 0 unspecified atom stereocenters. The van der Waals surface area contributed by atoms with Crippen LogP contribution in [0.25, 0.3) is 0 Å². The van der Waals surface area contributed by atoms with Crippen molar-refractivity contribution in [2.45, 2.75) is 40.2 Å². The van der Waals surface area contributed by atoms with E-state index >= 15 is 0 Å². The highest BCUT2D eigenvalue weighted by molar-refractivity contribution is 5.85. The fourth-order valence-electron chi connectivity index (χ4n) is 1.71. The quantitative estimate of drug-likeness (QED) is 0.310. The summed E-state index contributed by atoms with van der Waals surface area (Å²) in [6, 6.07) is 7.84. The minimum atomic E-state index is -0.331. The van der Waals surface area contributed by atoms with Gasteiger partial charge in [0.05, 0.1) is 6.10 Å². The maximum absolute atomic E-state index is 8.72. The summed E-state index contributed by atoms with van der Waals surface area (Å²) < 4.78 is 5.59. The van der Waals surface area contributed by atoms with Crippen LogP contribution < -0.4 is 15.8 Å². The topological polar surface area (TPSA) is 79.9 Å². The summed E-state index contributed by atoms with van der Waals surface area (Å²) in [6.45, 7) is 8.64. The van der Waals surface area contributed by atoms with Crippen LogP contribution in [-0.4, -0.2) is 23.7 Å². The number of benzene rings is 1. The normalized spacial score (nSPS) is 12.6. The lowest BCUT2D eigenvalue weighted by Crippen LogP contribution is -2.33. The van der Waals surface area contributed by atoms with Crippen LogP contribution in [0.15, 0.2) is 29.4 Å². The van der Waals surface area contributed by atoms with Crippen LogP contribution in [0.2, 0.25) is 0 Å². The standard InChI is InChI=1S/C15H25N3O2/c1-11(2)20-13-7-5-12(6-8-13)17-10-9-15(3,4)14(16)18-19/h5-8,11,17,19H,9-10H2,1-4H3,(H2,16,18). The fourth-order valence-corrected chi connectivity index (χ4v) is 1.71. The van der Waals surface area contributed by atoms with Gasteiger partial charge in [-0.15, -0.1) is 0 Å². The molecule has 5 nitrogen and oxygen atoms in total. The van der Waals surface area contributed by atoms with Crippen LogP contribution in [0, 0.1) is 5.41 Å². The lowest BCUT2D eigenvalue weighted by Gasteiger charge is -2.23. The van der Waals surface area contributed by atoms with E-state index in [4.69, 9.17) is 15.7 Å². The zero-order valence-corrected chi connectivity index (χ0v) is 12.7. The second kappa shape index (κ2) is 7.03. The van der Waals surface area contributed by atoms with Gasteiger partial charge < -0.3 is 21.0 Å². The van der Waals surface area contributed by atoms with Crippen LogP contribution >= 0.6 is 0 Å². The molecule has 0 atom stereocenters. The molecule has 0 fully saturated rings. The SMILES string of the molecule is CC(C)Oc1ccc(NCCC(C)(C)C(N)=NO)cc1.